The second-order valence-corrected chi connectivity index (χ2v) is 17.8. The Morgan fingerprint density at radius 2 is 1.57 bits per heavy atom. The zero-order chi connectivity index (χ0) is 31.3. The highest BCUT2D eigenvalue weighted by Crippen LogP contribution is 2.75. The number of aliphatic hydroxyl groups is 1. The van der Waals surface area contributed by atoms with Gasteiger partial charge in [0.1, 0.15) is 0 Å². The van der Waals surface area contributed by atoms with Gasteiger partial charge in [0.05, 0.1) is 16.9 Å². The Bertz CT molecular complexity index is 1130. The zero-order valence-corrected chi connectivity index (χ0v) is 28.6. The van der Waals surface area contributed by atoms with Crippen molar-refractivity contribution in [2.75, 3.05) is 0 Å². The van der Waals surface area contributed by atoms with Gasteiger partial charge in [-0.25, -0.2) is 0 Å². The number of ether oxygens (including phenoxy) is 2. The lowest BCUT2D eigenvalue weighted by atomic mass is 9.33. The summed E-state index contributed by atoms with van der Waals surface area (Å²) in [7, 11) is 0. The van der Waals surface area contributed by atoms with E-state index in [1.807, 2.05) is 20.8 Å². The smallest absolute Gasteiger partial charge is 0.315 e. The third kappa shape index (κ3) is 4.39. The Morgan fingerprint density at radius 3 is 2.21 bits per heavy atom. The minimum Gasteiger partial charge on any atom is -0.425 e. The molecule has 0 spiro atoms. The monoisotopic (exact) mass is 584 g/mol. The lowest BCUT2D eigenvalue weighted by molar-refractivity contribution is -0.215. The van der Waals surface area contributed by atoms with E-state index in [4.69, 9.17) is 9.47 Å². The van der Waals surface area contributed by atoms with E-state index in [0.717, 1.165) is 51.4 Å². The van der Waals surface area contributed by atoms with Gasteiger partial charge in [-0.05, 0) is 130 Å². The van der Waals surface area contributed by atoms with Gasteiger partial charge >= 0.3 is 11.9 Å². The molecule has 0 aromatic rings. The normalized spacial score (nSPS) is 47.0. The molecule has 238 valence electrons. The quantitative estimate of drug-likeness (QED) is 0.205. The summed E-state index contributed by atoms with van der Waals surface area (Å²) in [4.78, 5) is 26.8. The first kappa shape index (κ1) is 32.0. The van der Waals surface area contributed by atoms with Crippen molar-refractivity contribution < 1.29 is 24.2 Å². The molecular formula is C37H60O5. The van der Waals surface area contributed by atoms with Crippen LogP contribution in [0.5, 0.6) is 0 Å². The summed E-state index contributed by atoms with van der Waals surface area (Å²) in [5.41, 5.74) is 0.599. The molecule has 5 rings (SSSR count). The molecule has 0 aliphatic heterocycles. The van der Waals surface area contributed by atoms with E-state index in [1.54, 1.807) is 6.92 Å². The lowest BCUT2D eigenvalue weighted by Gasteiger charge is -2.71. The summed E-state index contributed by atoms with van der Waals surface area (Å²) in [5.74, 6) is 1.62. The molecular weight excluding hydrogens is 524 g/mol. The first-order chi connectivity index (χ1) is 19.3. The summed E-state index contributed by atoms with van der Waals surface area (Å²) in [6.07, 6.45) is 10.5. The molecule has 11 atom stereocenters. The molecule has 0 aromatic carbocycles. The fraction of sp³-hybridized carbons (Fsp3) is 0.892. The molecule has 4 saturated carbocycles. The highest BCUT2D eigenvalue weighted by atomic mass is 16.7. The Labute approximate surface area is 256 Å². The molecule has 0 heterocycles. The van der Waals surface area contributed by atoms with Crippen molar-refractivity contribution in [2.24, 2.45) is 62.1 Å². The van der Waals surface area contributed by atoms with Gasteiger partial charge in [0.15, 0.2) is 0 Å². The summed E-state index contributed by atoms with van der Waals surface area (Å²) in [6, 6.07) is 0. The van der Waals surface area contributed by atoms with Crippen molar-refractivity contribution in [1.82, 2.24) is 0 Å². The molecule has 0 radical (unpaired) electrons. The molecule has 5 aliphatic carbocycles. The predicted octanol–water partition coefficient (Wildman–Crippen LogP) is 8.48. The zero-order valence-electron chi connectivity index (χ0n) is 28.6. The number of carbonyl (C=O) groups excluding carboxylic acids is 2. The average Bonchev–Trinajstić information content (AvgIpc) is 2.88. The topological polar surface area (TPSA) is 72.8 Å². The van der Waals surface area contributed by atoms with Crippen LogP contribution in [-0.2, 0) is 19.1 Å². The highest BCUT2D eigenvalue weighted by molar-refractivity contribution is 5.79. The fourth-order valence-electron chi connectivity index (χ4n) is 11.5. The molecule has 0 saturated heterocycles. The summed E-state index contributed by atoms with van der Waals surface area (Å²) in [5, 5.41) is 11.0. The first-order valence-electron chi connectivity index (χ1n) is 17.1. The molecule has 42 heavy (non-hydrogen) atoms. The minimum absolute atomic E-state index is 0.0220. The molecule has 0 aromatic heterocycles. The molecule has 5 heteroatoms. The third-order valence-corrected chi connectivity index (χ3v) is 14.5. The fourth-order valence-corrected chi connectivity index (χ4v) is 11.5. The minimum atomic E-state index is -0.898. The van der Waals surface area contributed by atoms with Gasteiger partial charge in [-0.15, -0.1) is 0 Å². The van der Waals surface area contributed by atoms with Crippen LogP contribution in [0.15, 0.2) is 11.6 Å². The molecule has 1 unspecified atom stereocenters. The molecule has 1 N–H and O–H groups in total. The van der Waals surface area contributed by atoms with Gasteiger partial charge in [-0.3, -0.25) is 9.59 Å². The highest BCUT2D eigenvalue weighted by Gasteiger charge is 2.69. The predicted molar refractivity (Wildman–Crippen MR) is 166 cm³/mol. The van der Waals surface area contributed by atoms with Crippen LogP contribution >= 0.6 is 0 Å². The summed E-state index contributed by atoms with van der Waals surface area (Å²) >= 11 is 0. The van der Waals surface area contributed by atoms with E-state index in [-0.39, 0.29) is 45.6 Å². The number of aliphatic hydroxyl groups excluding tert-OH is 1. The Morgan fingerprint density at radius 1 is 0.905 bits per heavy atom. The van der Waals surface area contributed by atoms with Crippen LogP contribution in [0.4, 0.5) is 0 Å². The van der Waals surface area contributed by atoms with E-state index in [0.29, 0.717) is 23.7 Å². The van der Waals surface area contributed by atoms with Crippen LogP contribution in [0.3, 0.4) is 0 Å². The number of hydrogen-bond acceptors (Lipinski definition) is 5. The van der Waals surface area contributed by atoms with Crippen LogP contribution < -0.4 is 0 Å². The number of hydrogen-bond donors (Lipinski definition) is 1. The van der Waals surface area contributed by atoms with Crippen LogP contribution in [0, 0.1) is 62.1 Å². The van der Waals surface area contributed by atoms with Crippen LogP contribution in [0.25, 0.3) is 0 Å². The Balaban J connectivity index is 1.50. The number of allylic oxidation sites excluding steroid dienone is 2. The van der Waals surface area contributed by atoms with Crippen LogP contribution in [0.1, 0.15) is 134 Å². The van der Waals surface area contributed by atoms with E-state index >= 15 is 0 Å². The second-order valence-electron chi connectivity index (χ2n) is 17.8. The third-order valence-electron chi connectivity index (χ3n) is 14.5. The van der Waals surface area contributed by atoms with E-state index in [2.05, 4.69) is 54.5 Å². The van der Waals surface area contributed by atoms with Crippen molar-refractivity contribution in [3.05, 3.63) is 11.6 Å². The van der Waals surface area contributed by atoms with E-state index < -0.39 is 17.1 Å². The van der Waals surface area contributed by atoms with E-state index in [9.17, 15) is 14.7 Å². The van der Waals surface area contributed by atoms with Gasteiger partial charge in [0.2, 0.25) is 6.29 Å². The number of carbonyl (C=O) groups is 2. The van der Waals surface area contributed by atoms with Gasteiger partial charge in [0, 0.05) is 6.92 Å². The van der Waals surface area contributed by atoms with Crippen molar-refractivity contribution in [3.8, 4) is 0 Å². The van der Waals surface area contributed by atoms with Crippen LogP contribution in [0.2, 0.25) is 0 Å². The molecule has 5 aliphatic rings. The SMILES string of the molecule is CC(OC(=O)C(C)(C)C)OC(=O)[C@]12CC[C@@H](C)[C@H](C)[C@H]1C1=CC[C@@H]3[C@@]4(C)CC[C@H](O)C(C)(C)[C@@H]4CC[C@@]3(C)[C@]1(C)CC2. The van der Waals surface area contributed by atoms with Gasteiger partial charge < -0.3 is 14.6 Å². The average molecular weight is 585 g/mol. The molecule has 5 nitrogen and oxygen atoms in total. The molecule has 0 amide bonds. The number of rotatable bonds is 3. The molecule has 0 bridgehead atoms. The largest absolute Gasteiger partial charge is 0.425 e. The standard InChI is InChI=1S/C37H60O5/c1-22-14-19-37(31(40)42-24(3)41-30(39)32(4,5)6)21-20-35(10)25(29(37)23(22)2)12-13-27-34(9)17-16-28(38)33(7,8)26(34)15-18-36(27,35)11/h12,22-24,26-29,38H,13-21H2,1-11H3/t22-,23+,24?,26+,27-,28+,29+,34+,35-,36-,37+/m1/s1. The summed E-state index contributed by atoms with van der Waals surface area (Å²) in [6.45, 7) is 24.1. The van der Waals surface area contributed by atoms with Crippen molar-refractivity contribution in [2.45, 2.75) is 146 Å². The number of fused-ring (bicyclic) bond motifs is 7. The van der Waals surface area contributed by atoms with Gasteiger partial charge in [-0.2, -0.15) is 0 Å². The van der Waals surface area contributed by atoms with Gasteiger partial charge in [-0.1, -0.05) is 60.1 Å². The Hall–Kier alpha value is -1.36. The maximum Gasteiger partial charge on any atom is 0.315 e. The lowest BCUT2D eigenvalue weighted by Crippen LogP contribution is -2.65. The maximum absolute atomic E-state index is 14.3. The summed E-state index contributed by atoms with van der Waals surface area (Å²) < 4.78 is 11.6. The Kier molecular flexibility index (Phi) is 7.69. The maximum atomic E-state index is 14.3. The van der Waals surface area contributed by atoms with E-state index in [1.165, 1.54) is 12.0 Å². The second kappa shape index (κ2) is 10.1. The van der Waals surface area contributed by atoms with Crippen molar-refractivity contribution >= 4 is 11.9 Å². The van der Waals surface area contributed by atoms with Crippen molar-refractivity contribution in [1.29, 1.82) is 0 Å². The first-order valence-corrected chi connectivity index (χ1v) is 17.1. The van der Waals surface area contributed by atoms with Crippen molar-refractivity contribution in [3.63, 3.8) is 0 Å². The van der Waals surface area contributed by atoms with Crippen LogP contribution in [-0.4, -0.2) is 29.4 Å². The number of esters is 2. The van der Waals surface area contributed by atoms with Gasteiger partial charge in [0.25, 0.3) is 0 Å². The molecule has 4 fully saturated rings.